The zero-order chi connectivity index (χ0) is 4.12. The normalized spacial score (nSPS) is 7.40. The van der Waals surface area contributed by atoms with Crippen LogP contribution in [0.2, 0.25) is 0 Å². The Hall–Kier alpha value is 0.440. The van der Waals surface area contributed by atoms with Gasteiger partial charge in [-0.05, 0) is 6.44 Å². The summed E-state index contributed by atoms with van der Waals surface area (Å²) in [5, 5.41) is 2.94. The Morgan fingerprint density at radius 1 is 2.00 bits per heavy atom. The fraction of sp³-hybridized carbons (Fsp3) is 1.00. The van der Waals surface area contributed by atoms with Gasteiger partial charge in [-0.25, -0.2) is 12.5 Å². The van der Waals surface area contributed by atoms with E-state index in [4.69, 9.17) is 0 Å². The van der Waals surface area contributed by atoms with Crippen molar-refractivity contribution in [1.82, 2.24) is 5.23 Å². The smallest absolute Gasteiger partial charge is 0.200 e. The number of hydrogen-bond donors (Lipinski definition) is 2. The molecular weight excluding hydrogens is 79.7 g/mol. The molecule has 0 unspecified atom stereocenters. The zero-order valence-electron chi connectivity index (χ0n) is 3.36. The third-order valence-corrected chi connectivity index (χ3v) is 0.585. The van der Waals surface area contributed by atoms with Gasteiger partial charge in [-0.1, -0.05) is 0 Å². The third kappa shape index (κ3) is 4.44. The fourth-order valence-corrected chi connectivity index (χ4v) is 0.335. The Balaban J connectivity index is 2.19. The third-order valence-electron chi connectivity index (χ3n) is 0.362. The lowest BCUT2D eigenvalue weighted by atomic mass is 10.1. The minimum absolute atomic E-state index is 0.927. The molecule has 0 aromatic carbocycles. The number of hydrogen-bond acceptors (Lipinski definition) is 2. The number of rotatable bonds is 2. The molecule has 0 amide bonds. The predicted octanol–water partition coefficient (Wildman–Crippen LogP) is -1.64. The van der Waals surface area contributed by atoms with Crippen LogP contribution in [-0.2, 0) is 0 Å². The van der Waals surface area contributed by atoms with Gasteiger partial charge in [-0.2, -0.15) is 0 Å². The van der Waals surface area contributed by atoms with E-state index in [0.717, 1.165) is 13.0 Å². The topological polar surface area (TPSA) is 12.0 Å². The molecule has 0 bridgehead atoms. The van der Waals surface area contributed by atoms with Gasteiger partial charge in [-0.3, -0.25) is 0 Å². The number of thiol groups is 1. The molecule has 0 saturated carbocycles. The lowest BCUT2D eigenvalue weighted by Gasteiger charge is -1.81. The average Bonchev–Trinajstić information content (AvgIpc) is 1.41. The van der Waals surface area contributed by atoms with Gasteiger partial charge < -0.3 is 5.23 Å². The van der Waals surface area contributed by atoms with Crippen molar-refractivity contribution in [3.05, 3.63) is 0 Å². The zero-order valence-corrected chi connectivity index (χ0v) is 4.26. The molecule has 0 heterocycles. The lowest BCUT2D eigenvalue weighted by Crippen LogP contribution is -2.12. The van der Waals surface area contributed by atoms with E-state index in [1.807, 2.05) is 7.98 Å². The van der Waals surface area contributed by atoms with Crippen molar-refractivity contribution in [2.24, 2.45) is 0 Å². The summed E-state index contributed by atoms with van der Waals surface area (Å²) in [5.74, 6) is 0. The van der Waals surface area contributed by atoms with E-state index >= 15 is 0 Å². The molecule has 0 saturated heterocycles. The highest BCUT2D eigenvalue weighted by Gasteiger charge is 1.70. The van der Waals surface area contributed by atoms with E-state index in [1.165, 1.54) is 0 Å². The summed E-state index contributed by atoms with van der Waals surface area (Å²) in [7, 11) is 1.91. The highest BCUT2D eigenvalue weighted by Crippen LogP contribution is 1.56. The van der Waals surface area contributed by atoms with E-state index in [0.29, 0.717) is 0 Å². The van der Waals surface area contributed by atoms with Gasteiger partial charge in [0, 0.05) is 0 Å². The molecule has 0 rings (SSSR count). The molecule has 5 heavy (non-hydrogen) atoms. The Kier molecular flexibility index (Phi) is 4.83. The SMILES string of the molecule is BNCBS. The van der Waals surface area contributed by atoms with Crippen LogP contribution in [0.4, 0.5) is 0 Å². The summed E-state index contributed by atoms with van der Waals surface area (Å²) in [5.41, 5.74) is 0. The Labute approximate surface area is 39.5 Å². The van der Waals surface area contributed by atoms with Crippen molar-refractivity contribution < 1.29 is 0 Å². The van der Waals surface area contributed by atoms with Crippen LogP contribution < -0.4 is 5.23 Å². The van der Waals surface area contributed by atoms with Gasteiger partial charge in [0.05, 0.1) is 0 Å². The molecule has 0 aliphatic carbocycles. The van der Waals surface area contributed by atoms with Gasteiger partial charge in [0.1, 0.15) is 0 Å². The molecule has 0 fully saturated rings. The van der Waals surface area contributed by atoms with E-state index in [2.05, 4.69) is 17.7 Å². The predicted molar refractivity (Wildman–Crippen MR) is 32.7 cm³/mol. The van der Waals surface area contributed by atoms with E-state index in [1.54, 1.807) is 0 Å². The maximum atomic E-state index is 3.94. The highest BCUT2D eigenvalue weighted by molar-refractivity contribution is 8.06. The van der Waals surface area contributed by atoms with Crippen molar-refractivity contribution in [3.63, 3.8) is 0 Å². The number of nitrogens with one attached hydrogen (secondary N) is 1. The summed E-state index contributed by atoms with van der Waals surface area (Å²) in [6.07, 6.45) is 1.00. The Morgan fingerprint density at radius 2 is 2.60 bits per heavy atom. The summed E-state index contributed by atoms with van der Waals surface area (Å²) < 4.78 is 0. The van der Waals surface area contributed by atoms with Crippen LogP contribution in [-0.4, -0.2) is 21.0 Å². The molecule has 0 atom stereocenters. The molecule has 0 aliphatic heterocycles. The minimum atomic E-state index is 0.927. The summed E-state index contributed by atoms with van der Waals surface area (Å²) in [6, 6.07) is 0. The van der Waals surface area contributed by atoms with Crippen molar-refractivity contribution in [3.8, 4) is 0 Å². The van der Waals surface area contributed by atoms with Crippen molar-refractivity contribution in [1.29, 1.82) is 0 Å². The van der Waals surface area contributed by atoms with E-state index in [9.17, 15) is 0 Å². The van der Waals surface area contributed by atoms with Crippen LogP contribution in [0.25, 0.3) is 0 Å². The van der Waals surface area contributed by atoms with E-state index in [-0.39, 0.29) is 0 Å². The van der Waals surface area contributed by atoms with E-state index < -0.39 is 0 Å². The van der Waals surface area contributed by atoms with Crippen molar-refractivity contribution in [2.75, 3.05) is 6.44 Å². The van der Waals surface area contributed by atoms with Gasteiger partial charge in [0.25, 0.3) is 0 Å². The Morgan fingerprint density at radius 3 is 2.60 bits per heavy atom. The maximum Gasteiger partial charge on any atom is 0.200 e. The van der Waals surface area contributed by atoms with Crippen LogP contribution in [0, 0.1) is 0 Å². The van der Waals surface area contributed by atoms with Crippen LogP contribution in [0.3, 0.4) is 0 Å². The molecule has 4 heteroatoms. The molecular formula is CH7B2NS. The fourth-order valence-electron chi connectivity index (χ4n) is 0.112. The minimum Gasteiger partial charge on any atom is -0.367 e. The highest BCUT2D eigenvalue weighted by atomic mass is 32.1. The molecule has 28 valence electrons. The summed E-state index contributed by atoms with van der Waals surface area (Å²) in [4.78, 5) is 0. The summed E-state index contributed by atoms with van der Waals surface area (Å²) >= 11 is 3.94. The molecule has 0 aromatic rings. The van der Waals surface area contributed by atoms with Crippen molar-refractivity contribution >= 4 is 27.0 Å². The van der Waals surface area contributed by atoms with Crippen LogP contribution >= 0.6 is 12.5 Å². The largest absolute Gasteiger partial charge is 0.367 e. The Bertz CT molecular complexity index is 17.1. The first-order valence-electron chi connectivity index (χ1n) is 1.67. The van der Waals surface area contributed by atoms with Crippen LogP contribution in [0.5, 0.6) is 0 Å². The molecule has 0 aromatic heterocycles. The first-order chi connectivity index (χ1) is 2.41. The molecule has 1 nitrogen and oxygen atoms in total. The standard InChI is InChI=1S/CH7B2NS/c2-4-1-3-5/h3-5H,1-2H2. The van der Waals surface area contributed by atoms with Crippen LogP contribution in [0.15, 0.2) is 0 Å². The summed E-state index contributed by atoms with van der Waals surface area (Å²) in [6.45, 7) is 0.927. The average molecular weight is 86.8 g/mol. The monoisotopic (exact) mass is 87.0 g/mol. The molecule has 0 radical (unpaired) electrons. The quantitative estimate of drug-likeness (QED) is 0.304. The second kappa shape index (κ2) is 4.44. The second-order valence-corrected chi connectivity index (χ2v) is 1.27. The molecule has 0 aliphatic rings. The van der Waals surface area contributed by atoms with Gasteiger partial charge in [-0.15, -0.1) is 0 Å². The first kappa shape index (κ1) is 5.44. The van der Waals surface area contributed by atoms with Gasteiger partial charge >= 0.3 is 0 Å². The van der Waals surface area contributed by atoms with Crippen molar-refractivity contribution in [2.45, 2.75) is 0 Å². The van der Waals surface area contributed by atoms with Gasteiger partial charge in [0.15, 0.2) is 7.98 Å². The molecule has 1 N–H and O–H groups in total. The van der Waals surface area contributed by atoms with Crippen LogP contribution in [0.1, 0.15) is 0 Å². The lowest BCUT2D eigenvalue weighted by molar-refractivity contribution is 1.20. The molecule has 0 spiro atoms. The second-order valence-electron chi connectivity index (χ2n) is 0.827. The van der Waals surface area contributed by atoms with Gasteiger partial charge in [0.2, 0.25) is 6.56 Å². The maximum absolute atomic E-state index is 3.94. The first-order valence-corrected chi connectivity index (χ1v) is 2.30.